The van der Waals surface area contributed by atoms with E-state index in [1.54, 1.807) is 0 Å². The smallest absolute Gasteiger partial charge is 0.0624 e. The van der Waals surface area contributed by atoms with Gasteiger partial charge in [-0.3, -0.25) is 0 Å². The van der Waals surface area contributed by atoms with Crippen LogP contribution in [0, 0.1) is 0 Å². The van der Waals surface area contributed by atoms with Crippen molar-refractivity contribution in [3.8, 4) is 22.8 Å². The van der Waals surface area contributed by atoms with Crippen LogP contribution in [-0.4, -0.2) is 19.9 Å². The standard InChI is InChI=1S/C18H16N4/c1-3-13(19-11-1)5-6-14-7-8-17(21-14)18-10-9-16(22-18)15-4-2-12-20-15/h1-12,19-22H. The lowest BCUT2D eigenvalue weighted by atomic mass is 10.3. The summed E-state index contributed by atoms with van der Waals surface area (Å²) in [5.74, 6) is 0. The fraction of sp³-hybridized carbons (Fsp3) is 0. The molecule has 4 nitrogen and oxygen atoms in total. The number of hydrogen-bond donors (Lipinski definition) is 4. The first-order valence-electron chi connectivity index (χ1n) is 7.22. The number of rotatable bonds is 4. The number of nitrogens with one attached hydrogen (secondary N) is 4. The van der Waals surface area contributed by atoms with E-state index in [1.165, 1.54) is 0 Å². The average molecular weight is 288 g/mol. The summed E-state index contributed by atoms with van der Waals surface area (Å²) >= 11 is 0. The van der Waals surface area contributed by atoms with E-state index >= 15 is 0 Å². The molecule has 22 heavy (non-hydrogen) atoms. The monoisotopic (exact) mass is 288 g/mol. The van der Waals surface area contributed by atoms with Crippen LogP contribution in [0.4, 0.5) is 0 Å². The maximum absolute atomic E-state index is 3.42. The Labute approximate surface area is 127 Å². The maximum Gasteiger partial charge on any atom is 0.0624 e. The summed E-state index contributed by atoms with van der Waals surface area (Å²) in [6.45, 7) is 0. The molecule has 0 spiro atoms. The van der Waals surface area contributed by atoms with Crippen LogP contribution in [0.25, 0.3) is 34.9 Å². The summed E-state index contributed by atoms with van der Waals surface area (Å²) in [4.78, 5) is 13.2. The number of aromatic amines is 4. The van der Waals surface area contributed by atoms with Gasteiger partial charge in [0.1, 0.15) is 0 Å². The normalized spacial score (nSPS) is 11.5. The zero-order valence-corrected chi connectivity index (χ0v) is 11.9. The van der Waals surface area contributed by atoms with Crippen molar-refractivity contribution in [1.29, 1.82) is 0 Å². The van der Waals surface area contributed by atoms with Crippen LogP contribution < -0.4 is 0 Å². The van der Waals surface area contributed by atoms with Crippen molar-refractivity contribution in [2.24, 2.45) is 0 Å². The van der Waals surface area contributed by atoms with E-state index in [-0.39, 0.29) is 0 Å². The molecule has 4 heteroatoms. The predicted octanol–water partition coefficient (Wildman–Crippen LogP) is 4.50. The molecule has 0 fully saturated rings. The summed E-state index contributed by atoms with van der Waals surface area (Å²) in [6, 6.07) is 16.4. The topological polar surface area (TPSA) is 63.2 Å². The molecule has 0 amide bonds. The summed E-state index contributed by atoms with van der Waals surface area (Å²) in [6.07, 6.45) is 7.95. The lowest BCUT2D eigenvalue weighted by Gasteiger charge is -1.95. The van der Waals surface area contributed by atoms with Gasteiger partial charge in [-0.2, -0.15) is 0 Å². The van der Waals surface area contributed by atoms with Crippen molar-refractivity contribution in [3.05, 3.63) is 72.3 Å². The second kappa shape index (κ2) is 5.33. The Morgan fingerprint density at radius 2 is 1.23 bits per heavy atom. The van der Waals surface area contributed by atoms with E-state index in [1.807, 2.05) is 30.6 Å². The molecule has 0 aliphatic heterocycles. The van der Waals surface area contributed by atoms with Crippen molar-refractivity contribution in [1.82, 2.24) is 19.9 Å². The van der Waals surface area contributed by atoms with Gasteiger partial charge in [0.2, 0.25) is 0 Å². The molecule has 0 saturated heterocycles. The van der Waals surface area contributed by atoms with Gasteiger partial charge >= 0.3 is 0 Å². The Hall–Kier alpha value is -3.14. The van der Waals surface area contributed by atoms with Gasteiger partial charge in [0, 0.05) is 23.8 Å². The van der Waals surface area contributed by atoms with Crippen LogP contribution in [0.3, 0.4) is 0 Å². The zero-order valence-electron chi connectivity index (χ0n) is 11.9. The van der Waals surface area contributed by atoms with Crippen molar-refractivity contribution < 1.29 is 0 Å². The van der Waals surface area contributed by atoms with Gasteiger partial charge in [-0.15, -0.1) is 0 Å². The second-order valence-corrected chi connectivity index (χ2v) is 5.16. The van der Waals surface area contributed by atoms with E-state index < -0.39 is 0 Å². The maximum atomic E-state index is 3.42. The highest BCUT2D eigenvalue weighted by Gasteiger charge is 2.05. The highest BCUT2D eigenvalue weighted by Crippen LogP contribution is 2.23. The Bertz CT molecular complexity index is 873. The summed E-state index contributed by atoms with van der Waals surface area (Å²) in [5, 5.41) is 0. The SMILES string of the molecule is C(=Cc1ccc(-c2ccc(-c3ccc[nH]3)[nH]2)[nH]1)c1ccc[nH]1. The third kappa shape index (κ3) is 2.42. The summed E-state index contributed by atoms with van der Waals surface area (Å²) < 4.78 is 0. The lowest BCUT2D eigenvalue weighted by molar-refractivity contribution is 1.29. The molecule has 4 rings (SSSR count). The van der Waals surface area contributed by atoms with Crippen LogP contribution in [0.1, 0.15) is 11.4 Å². The molecular formula is C18H16N4. The van der Waals surface area contributed by atoms with Gasteiger partial charge < -0.3 is 19.9 Å². The van der Waals surface area contributed by atoms with Gasteiger partial charge in [-0.1, -0.05) is 0 Å². The fourth-order valence-electron chi connectivity index (χ4n) is 2.50. The number of aromatic nitrogens is 4. The third-order valence-corrected chi connectivity index (χ3v) is 3.64. The minimum Gasteiger partial charge on any atom is -0.362 e. The predicted molar refractivity (Wildman–Crippen MR) is 90.1 cm³/mol. The van der Waals surface area contributed by atoms with Crippen molar-refractivity contribution in [2.45, 2.75) is 0 Å². The quantitative estimate of drug-likeness (QED) is 0.427. The van der Waals surface area contributed by atoms with E-state index in [0.29, 0.717) is 0 Å². The minimum atomic E-state index is 1.07. The molecule has 0 atom stereocenters. The highest BCUT2D eigenvalue weighted by atomic mass is 14.8. The Balaban J connectivity index is 1.56. The first kappa shape index (κ1) is 12.6. The van der Waals surface area contributed by atoms with Crippen LogP contribution >= 0.6 is 0 Å². The molecule has 0 aromatic carbocycles. The molecule has 4 aromatic heterocycles. The van der Waals surface area contributed by atoms with Gasteiger partial charge in [-0.05, 0) is 60.7 Å². The molecule has 0 aliphatic carbocycles. The Kier molecular flexibility index (Phi) is 3.05. The lowest BCUT2D eigenvalue weighted by Crippen LogP contribution is -1.80. The fourth-order valence-corrected chi connectivity index (χ4v) is 2.50. The molecule has 4 heterocycles. The van der Waals surface area contributed by atoms with Crippen molar-refractivity contribution in [3.63, 3.8) is 0 Å². The first-order valence-corrected chi connectivity index (χ1v) is 7.22. The van der Waals surface area contributed by atoms with Crippen LogP contribution in [0.15, 0.2) is 60.9 Å². The van der Waals surface area contributed by atoms with Crippen LogP contribution in [0.2, 0.25) is 0 Å². The summed E-state index contributed by atoms with van der Waals surface area (Å²) in [5.41, 5.74) is 6.47. The molecule has 0 aliphatic rings. The summed E-state index contributed by atoms with van der Waals surface area (Å²) in [7, 11) is 0. The van der Waals surface area contributed by atoms with E-state index in [0.717, 1.165) is 34.2 Å². The first-order chi connectivity index (χ1) is 10.9. The van der Waals surface area contributed by atoms with Gasteiger partial charge in [0.25, 0.3) is 0 Å². The van der Waals surface area contributed by atoms with Crippen LogP contribution in [0.5, 0.6) is 0 Å². The molecule has 0 bridgehead atoms. The van der Waals surface area contributed by atoms with Gasteiger partial charge in [-0.25, -0.2) is 0 Å². The molecule has 0 unspecified atom stereocenters. The molecule has 108 valence electrons. The van der Waals surface area contributed by atoms with E-state index in [2.05, 4.69) is 62.4 Å². The minimum absolute atomic E-state index is 1.07. The Morgan fingerprint density at radius 1 is 0.545 bits per heavy atom. The second-order valence-electron chi connectivity index (χ2n) is 5.16. The zero-order chi connectivity index (χ0) is 14.8. The van der Waals surface area contributed by atoms with Gasteiger partial charge in [0.15, 0.2) is 0 Å². The highest BCUT2D eigenvalue weighted by molar-refractivity contribution is 5.70. The van der Waals surface area contributed by atoms with Gasteiger partial charge in [0.05, 0.1) is 22.8 Å². The number of hydrogen-bond acceptors (Lipinski definition) is 0. The molecule has 0 saturated carbocycles. The molecular weight excluding hydrogens is 272 g/mol. The largest absolute Gasteiger partial charge is 0.362 e. The van der Waals surface area contributed by atoms with E-state index in [4.69, 9.17) is 0 Å². The van der Waals surface area contributed by atoms with Crippen molar-refractivity contribution in [2.75, 3.05) is 0 Å². The van der Waals surface area contributed by atoms with Crippen LogP contribution in [-0.2, 0) is 0 Å². The Morgan fingerprint density at radius 3 is 2.00 bits per heavy atom. The molecule has 0 radical (unpaired) electrons. The van der Waals surface area contributed by atoms with E-state index in [9.17, 15) is 0 Å². The molecule has 4 N–H and O–H groups in total. The average Bonchev–Trinajstić information content (AvgIpc) is 3.33. The third-order valence-electron chi connectivity index (χ3n) is 3.64. The van der Waals surface area contributed by atoms with Crippen molar-refractivity contribution >= 4 is 12.2 Å². The number of H-pyrrole nitrogens is 4. The molecule has 4 aromatic rings.